The maximum Gasteiger partial charge on any atom is 0.320 e. The van der Waals surface area contributed by atoms with Crippen LogP contribution in [-0.2, 0) is 16.8 Å². The quantitative estimate of drug-likeness (QED) is 0.602. The molecule has 1 aliphatic heterocycles. The van der Waals surface area contributed by atoms with Crippen molar-refractivity contribution in [3.63, 3.8) is 0 Å². The van der Waals surface area contributed by atoms with Gasteiger partial charge in [0.15, 0.2) is 6.29 Å². The molecular weight excluding hydrogens is 387 g/mol. The van der Waals surface area contributed by atoms with Gasteiger partial charge in [-0.05, 0) is 24.1 Å². The van der Waals surface area contributed by atoms with Crippen molar-refractivity contribution >= 4 is 17.8 Å². The van der Waals surface area contributed by atoms with E-state index in [2.05, 4.69) is 26.4 Å². The fraction of sp³-hybridized carbons (Fsp3) is 0.476. The van der Waals surface area contributed by atoms with E-state index in [1.54, 1.807) is 22.9 Å². The third-order valence-corrected chi connectivity index (χ3v) is 4.97. The van der Waals surface area contributed by atoms with Crippen LogP contribution in [0.3, 0.4) is 0 Å². The third kappa shape index (κ3) is 5.35. The van der Waals surface area contributed by atoms with Gasteiger partial charge in [0.1, 0.15) is 11.6 Å². The fourth-order valence-electron chi connectivity index (χ4n) is 3.15. The van der Waals surface area contributed by atoms with Crippen molar-refractivity contribution in [2.24, 2.45) is 0 Å². The molecule has 3 amide bonds. The van der Waals surface area contributed by atoms with Crippen LogP contribution in [0.15, 0.2) is 30.3 Å². The molecule has 0 saturated carbocycles. The molecule has 4 N–H and O–H groups in total. The third-order valence-electron chi connectivity index (χ3n) is 4.97. The van der Waals surface area contributed by atoms with Gasteiger partial charge in [-0.25, -0.2) is 13.9 Å². The van der Waals surface area contributed by atoms with Gasteiger partial charge < -0.3 is 10.6 Å². The van der Waals surface area contributed by atoms with E-state index in [1.165, 1.54) is 12.1 Å². The predicted octanol–water partition coefficient (Wildman–Crippen LogP) is 2.99. The number of hydrogen-bond acceptors (Lipinski definition) is 4. The minimum atomic E-state index is -0.556. The van der Waals surface area contributed by atoms with Crippen molar-refractivity contribution in [1.29, 1.82) is 0 Å². The highest BCUT2D eigenvalue weighted by Crippen LogP contribution is 2.26. The lowest BCUT2D eigenvalue weighted by Gasteiger charge is -2.32. The molecule has 162 valence electrons. The number of halogens is 1. The average molecular weight is 417 g/mol. The Balaban J connectivity index is 1.76. The van der Waals surface area contributed by atoms with Gasteiger partial charge in [-0.3, -0.25) is 15.4 Å². The standard InChI is InChI=1S/C21H29FN6O2/c1-5-15-10-18(29)26-19(24-15)28-17(11-16(27-28)21(2,3)4)25-20(30)23-12-13-6-8-14(22)9-7-13/h6-9,11,15,19,24H,5,10,12H2,1-4H3,(H,26,29)(H2,23,25,30). The average Bonchev–Trinajstić information content (AvgIpc) is 3.11. The predicted molar refractivity (Wildman–Crippen MR) is 112 cm³/mol. The van der Waals surface area contributed by atoms with Crippen molar-refractivity contribution in [3.05, 3.63) is 47.4 Å². The monoisotopic (exact) mass is 416 g/mol. The Kier molecular flexibility index (Phi) is 6.40. The van der Waals surface area contributed by atoms with Crippen LogP contribution in [0.25, 0.3) is 0 Å². The highest BCUT2D eigenvalue weighted by Gasteiger charge is 2.30. The smallest absolute Gasteiger partial charge is 0.320 e. The van der Waals surface area contributed by atoms with E-state index in [4.69, 9.17) is 0 Å². The first-order chi connectivity index (χ1) is 14.2. The fourth-order valence-corrected chi connectivity index (χ4v) is 3.15. The summed E-state index contributed by atoms with van der Waals surface area (Å²) in [5, 5.41) is 16.4. The van der Waals surface area contributed by atoms with Crippen LogP contribution in [0.4, 0.5) is 15.0 Å². The molecule has 2 unspecified atom stereocenters. The second kappa shape index (κ2) is 8.83. The first kappa shape index (κ1) is 21.8. The number of hydrogen-bond donors (Lipinski definition) is 4. The molecule has 9 heteroatoms. The molecule has 2 atom stereocenters. The molecule has 2 heterocycles. The highest BCUT2D eigenvalue weighted by atomic mass is 19.1. The van der Waals surface area contributed by atoms with Crippen molar-refractivity contribution in [3.8, 4) is 0 Å². The second-order valence-electron chi connectivity index (χ2n) is 8.49. The van der Waals surface area contributed by atoms with Gasteiger partial charge >= 0.3 is 6.03 Å². The minimum absolute atomic E-state index is 0.0335. The number of anilines is 1. The van der Waals surface area contributed by atoms with Gasteiger partial charge in [0.05, 0.1) is 5.69 Å². The molecule has 1 fully saturated rings. The number of amides is 3. The summed E-state index contributed by atoms with van der Waals surface area (Å²) in [5.41, 5.74) is 1.32. The maximum absolute atomic E-state index is 13.0. The van der Waals surface area contributed by atoms with Crippen LogP contribution in [0.5, 0.6) is 0 Å². The molecule has 1 aromatic heterocycles. The maximum atomic E-state index is 13.0. The number of nitrogens with zero attached hydrogens (tertiary/aromatic N) is 2. The molecule has 30 heavy (non-hydrogen) atoms. The Hall–Kier alpha value is -2.94. The Morgan fingerprint density at radius 2 is 2.00 bits per heavy atom. The van der Waals surface area contributed by atoms with E-state index < -0.39 is 12.3 Å². The van der Waals surface area contributed by atoms with Crippen molar-refractivity contribution in [2.75, 3.05) is 5.32 Å². The molecule has 0 spiro atoms. The van der Waals surface area contributed by atoms with E-state index in [0.29, 0.717) is 12.2 Å². The van der Waals surface area contributed by atoms with E-state index in [-0.39, 0.29) is 29.7 Å². The molecule has 8 nitrogen and oxygen atoms in total. The summed E-state index contributed by atoms with van der Waals surface area (Å²) < 4.78 is 14.6. The molecule has 0 aliphatic carbocycles. The summed E-state index contributed by atoms with van der Waals surface area (Å²) in [6, 6.07) is 7.35. The molecule has 3 rings (SSSR count). The summed E-state index contributed by atoms with van der Waals surface area (Å²) in [6.07, 6.45) is 0.652. The van der Waals surface area contributed by atoms with Gasteiger partial charge in [-0.1, -0.05) is 39.8 Å². The van der Waals surface area contributed by atoms with Crippen LogP contribution in [0.2, 0.25) is 0 Å². The summed E-state index contributed by atoms with van der Waals surface area (Å²) in [6.45, 7) is 8.35. The van der Waals surface area contributed by atoms with Crippen molar-refractivity contribution in [2.45, 2.75) is 64.8 Å². The van der Waals surface area contributed by atoms with E-state index in [1.807, 2.05) is 27.7 Å². The Labute approximate surface area is 175 Å². The van der Waals surface area contributed by atoms with Crippen LogP contribution >= 0.6 is 0 Å². The lowest BCUT2D eigenvalue weighted by atomic mass is 9.92. The zero-order valence-electron chi connectivity index (χ0n) is 17.8. The normalized spacial score (nSPS) is 19.3. The SMILES string of the molecule is CCC1CC(=O)NC(n2nc(C(C)(C)C)cc2NC(=O)NCc2ccc(F)cc2)N1. The number of rotatable bonds is 5. The Morgan fingerprint density at radius 3 is 2.63 bits per heavy atom. The number of aromatic nitrogens is 2. The van der Waals surface area contributed by atoms with Gasteiger partial charge in [0.25, 0.3) is 0 Å². The van der Waals surface area contributed by atoms with E-state index in [9.17, 15) is 14.0 Å². The minimum Gasteiger partial charge on any atom is -0.334 e. The Bertz CT molecular complexity index is 903. The molecular formula is C21H29FN6O2. The van der Waals surface area contributed by atoms with Gasteiger partial charge in [-0.15, -0.1) is 0 Å². The van der Waals surface area contributed by atoms with Crippen LogP contribution in [0.1, 0.15) is 58.1 Å². The van der Waals surface area contributed by atoms with E-state index >= 15 is 0 Å². The number of carbonyl (C=O) groups is 2. The van der Waals surface area contributed by atoms with Crippen molar-refractivity contribution in [1.82, 2.24) is 25.7 Å². The van der Waals surface area contributed by atoms with Crippen LogP contribution < -0.4 is 21.3 Å². The molecule has 0 bridgehead atoms. The van der Waals surface area contributed by atoms with Crippen LogP contribution in [-0.4, -0.2) is 27.8 Å². The van der Waals surface area contributed by atoms with Gasteiger partial charge in [-0.2, -0.15) is 5.10 Å². The number of urea groups is 1. The number of nitrogens with one attached hydrogen (secondary N) is 4. The largest absolute Gasteiger partial charge is 0.334 e. The lowest BCUT2D eigenvalue weighted by molar-refractivity contribution is -0.125. The first-order valence-corrected chi connectivity index (χ1v) is 10.1. The second-order valence-corrected chi connectivity index (χ2v) is 8.49. The summed E-state index contributed by atoms with van der Waals surface area (Å²) in [7, 11) is 0. The summed E-state index contributed by atoms with van der Waals surface area (Å²) in [5.74, 6) is 0.0745. The highest BCUT2D eigenvalue weighted by molar-refractivity contribution is 5.88. The zero-order valence-corrected chi connectivity index (χ0v) is 17.8. The molecule has 1 aliphatic rings. The summed E-state index contributed by atoms with van der Waals surface area (Å²) >= 11 is 0. The topological polar surface area (TPSA) is 100 Å². The molecule has 1 saturated heterocycles. The summed E-state index contributed by atoms with van der Waals surface area (Å²) in [4.78, 5) is 24.6. The molecule has 1 aromatic carbocycles. The molecule has 0 radical (unpaired) electrons. The molecule has 2 aromatic rings. The van der Waals surface area contributed by atoms with Crippen LogP contribution in [0, 0.1) is 5.82 Å². The lowest BCUT2D eigenvalue weighted by Crippen LogP contribution is -2.53. The Morgan fingerprint density at radius 1 is 1.30 bits per heavy atom. The van der Waals surface area contributed by atoms with Gasteiger partial charge in [0, 0.05) is 30.5 Å². The van der Waals surface area contributed by atoms with Gasteiger partial charge in [0.2, 0.25) is 5.91 Å². The van der Waals surface area contributed by atoms with E-state index in [0.717, 1.165) is 17.7 Å². The number of benzene rings is 1. The van der Waals surface area contributed by atoms with Crippen molar-refractivity contribution < 1.29 is 14.0 Å². The zero-order chi connectivity index (χ0) is 21.9. The first-order valence-electron chi connectivity index (χ1n) is 10.1. The number of carbonyl (C=O) groups excluding carboxylic acids is 2.